The number of carbonyl (C=O) groups excluding carboxylic acids is 3. The van der Waals surface area contributed by atoms with Gasteiger partial charge in [-0.25, -0.2) is 0 Å². The molecular formula is C53H103NO6. The smallest absolute Gasteiger partial charge is 0.306 e. The Hall–Kier alpha value is -1.63. The van der Waals surface area contributed by atoms with Crippen LogP contribution in [0.3, 0.4) is 0 Å². The third kappa shape index (κ3) is 33.0. The van der Waals surface area contributed by atoms with Crippen molar-refractivity contribution in [2.45, 2.75) is 230 Å². The Kier molecular flexibility index (Phi) is 34.8. The van der Waals surface area contributed by atoms with Gasteiger partial charge in [-0.3, -0.25) is 14.4 Å². The molecular weight excluding hydrogens is 747 g/mol. The van der Waals surface area contributed by atoms with Gasteiger partial charge >= 0.3 is 17.9 Å². The van der Waals surface area contributed by atoms with Gasteiger partial charge in [0.15, 0.2) is 0 Å². The Morgan fingerprint density at radius 3 is 1.12 bits per heavy atom. The maximum absolute atomic E-state index is 12.9. The summed E-state index contributed by atoms with van der Waals surface area (Å²) in [5.41, 5.74) is 0. The largest absolute Gasteiger partial charge is 0.466 e. The summed E-state index contributed by atoms with van der Waals surface area (Å²) in [7, 11) is 4.07. The summed E-state index contributed by atoms with van der Waals surface area (Å²) in [6.07, 6.45) is 21.4. The summed E-state index contributed by atoms with van der Waals surface area (Å²) in [6.45, 7) is 29.7. The van der Waals surface area contributed by atoms with Gasteiger partial charge in [0, 0.05) is 19.3 Å². The van der Waals surface area contributed by atoms with Crippen LogP contribution in [0.2, 0.25) is 0 Å². The van der Waals surface area contributed by atoms with E-state index in [2.05, 4.69) is 88.0 Å². The predicted octanol–water partition coefficient (Wildman–Crippen LogP) is 14.5. The van der Waals surface area contributed by atoms with Crippen LogP contribution in [0.1, 0.15) is 224 Å². The number of rotatable bonds is 39. The van der Waals surface area contributed by atoms with Gasteiger partial charge in [-0.05, 0) is 176 Å². The van der Waals surface area contributed by atoms with Crippen LogP contribution in [0, 0.1) is 59.2 Å². The van der Waals surface area contributed by atoms with Gasteiger partial charge in [0.05, 0.1) is 13.2 Å². The van der Waals surface area contributed by atoms with E-state index in [-0.39, 0.29) is 24.0 Å². The molecule has 356 valence electrons. The highest BCUT2D eigenvalue weighted by Gasteiger charge is 2.21. The number of nitrogens with zero attached hydrogens (tertiary/aromatic N) is 1. The minimum atomic E-state index is -0.0693. The molecule has 0 aliphatic rings. The average Bonchev–Trinajstić information content (AvgIpc) is 3.16. The molecule has 0 aliphatic carbocycles. The lowest BCUT2D eigenvalue weighted by Crippen LogP contribution is -2.21. The molecule has 0 rings (SSSR count). The first-order chi connectivity index (χ1) is 28.3. The Bertz CT molecular complexity index is 988. The second kappa shape index (κ2) is 35.8. The van der Waals surface area contributed by atoms with E-state index in [9.17, 15) is 14.4 Å². The van der Waals surface area contributed by atoms with Crippen LogP contribution in [-0.4, -0.2) is 62.8 Å². The lowest BCUT2D eigenvalue weighted by molar-refractivity contribution is -0.150. The summed E-state index contributed by atoms with van der Waals surface area (Å²) < 4.78 is 17.4. The molecule has 0 aromatic heterocycles. The number of hydrogen-bond donors (Lipinski definition) is 0. The van der Waals surface area contributed by atoms with Gasteiger partial charge in [0.1, 0.15) is 6.10 Å². The maximum atomic E-state index is 12.9. The van der Waals surface area contributed by atoms with Crippen molar-refractivity contribution >= 4 is 17.9 Å². The van der Waals surface area contributed by atoms with Crippen molar-refractivity contribution in [3.8, 4) is 0 Å². The molecule has 7 heteroatoms. The third-order valence-electron chi connectivity index (χ3n) is 13.8. The first kappa shape index (κ1) is 58.4. The fourth-order valence-electron chi connectivity index (χ4n) is 8.58. The molecule has 0 N–H and O–H groups in total. The van der Waals surface area contributed by atoms with Crippen molar-refractivity contribution in [1.82, 2.24) is 4.90 Å². The summed E-state index contributed by atoms with van der Waals surface area (Å²) in [4.78, 5) is 39.9. The van der Waals surface area contributed by atoms with Crippen LogP contribution < -0.4 is 0 Å². The van der Waals surface area contributed by atoms with Crippen molar-refractivity contribution in [2.24, 2.45) is 59.2 Å². The third-order valence-corrected chi connectivity index (χ3v) is 13.8. The predicted molar refractivity (Wildman–Crippen MR) is 255 cm³/mol. The Morgan fingerprint density at radius 2 is 0.767 bits per heavy atom. The highest BCUT2D eigenvalue weighted by atomic mass is 16.5. The van der Waals surface area contributed by atoms with Crippen LogP contribution in [0.15, 0.2) is 0 Å². The molecule has 7 nitrogen and oxygen atoms in total. The summed E-state index contributed by atoms with van der Waals surface area (Å²) >= 11 is 0. The molecule has 60 heavy (non-hydrogen) atoms. The molecule has 0 aromatic carbocycles. The number of esters is 3. The van der Waals surface area contributed by atoms with Gasteiger partial charge in [-0.2, -0.15) is 0 Å². The second-order valence-electron chi connectivity index (χ2n) is 21.3. The molecule has 0 spiro atoms. The van der Waals surface area contributed by atoms with E-state index in [0.29, 0.717) is 79.8 Å². The first-order valence-electron chi connectivity index (χ1n) is 25.5. The zero-order valence-electron chi connectivity index (χ0n) is 42.4. The summed E-state index contributed by atoms with van der Waals surface area (Å²) in [5, 5.41) is 0. The van der Waals surface area contributed by atoms with E-state index in [1.165, 1.54) is 25.7 Å². The van der Waals surface area contributed by atoms with Gasteiger partial charge in [-0.1, -0.05) is 109 Å². The lowest BCUT2D eigenvalue weighted by Gasteiger charge is -2.24. The molecule has 0 saturated carbocycles. The molecule has 6 atom stereocenters. The number of hydrogen-bond acceptors (Lipinski definition) is 7. The van der Waals surface area contributed by atoms with Gasteiger partial charge in [-0.15, -0.1) is 0 Å². The minimum absolute atomic E-state index is 0.0385. The fraction of sp³-hybridized carbons (Fsp3) is 0.943. The molecule has 6 unspecified atom stereocenters. The topological polar surface area (TPSA) is 82.1 Å². The molecule has 0 heterocycles. The van der Waals surface area contributed by atoms with Gasteiger partial charge in [0.2, 0.25) is 0 Å². The van der Waals surface area contributed by atoms with E-state index in [4.69, 9.17) is 14.2 Å². The maximum Gasteiger partial charge on any atom is 0.306 e. The number of carbonyl (C=O) groups is 3. The molecule has 0 amide bonds. The van der Waals surface area contributed by atoms with E-state index >= 15 is 0 Å². The molecule has 0 aliphatic heterocycles. The molecule has 0 bridgehead atoms. The van der Waals surface area contributed by atoms with Crippen molar-refractivity contribution in [1.29, 1.82) is 0 Å². The standard InChI is InChI=1S/C53H103NO6/c1-40(2)33-35-48(42(5)6)26-20-38-58-51(55)30-17-24-46(11)44(9)22-15-28-50(60-53(57)32-19-37-54(13)14)29-16-23-45(10)47(12)25-18-31-52(56)59-39-21-27-49(43(7)8)36-34-41(3)4/h40-50H,15-39H2,1-14H3. The zero-order chi connectivity index (χ0) is 45.5. The fourth-order valence-corrected chi connectivity index (χ4v) is 8.58. The van der Waals surface area contributed by atoms with Gasteiger partial charge in [0.25, 0.3) is 0 Å². The zero-order valence-corrected chi connectivity index (χ0v) is 42.4. The lowest BCUT2D eigenvalue weighted by atomic mass is 9.85. The quantitative estimate of drug-likeness (QED) is 0.0346. The Labute approximate surface area is 373 Å². The molecule has 0 fully saturated rings. The average molecular weight is 850 g/mol. The molecule has 0 saturated heterocycles. The van der Waals surface area contributed by atoms with Crippen LogP contribution >= 0.6 is 0 Å². The Balaban J connectivity index is 4.64. The van der Waals surface area contributed by atoms with Crippen LogP contribution in [0.5, 0.6) is 0 Å². The first-order valence-corrected chi connectivity index (χ1v) is 25.5. The highest BCUT2D eigenvalue weighted by Crippen LogP contribution is 2.29. The summed E-state index contributed by atoms with van der Waals surface area (Å²) in [5.74, 6) is 6.24. The van der Waals surface area contributed by atoms with E-state index < -0.39 is 0 Å². The van der Waals surface area contributed by atoms with Crippen LogP contribution in [-0.2, 0) is 28.6 Å². The van der Waals surface area contributed by atoms with E-state index in [1.807, 2.05) is 14.1 Å². The van der Waals surface area contributed by atoms with Crippen LogP contribution in [0.25, 0.3) is 0 Å². The van der Waals surface area contributed by atoms with E-state index in [0.717, 1.165) is 115 Å². The van der Waals surface area contributed by atoms with Crippen LogP contribution in [0.4, 0.5) is 0 Å². The second-order valence-corrected chi connectivity index (χ2v) is 21.3. The normalized spacial score (nSPS) is 15.7. The van der Waals surface area contributed by atoms with Crippen molar-refractivity contribution in [2.75, 3.05) is 33.9 Å². The minimum Gasteiger partial charge on any atom is -0.466 e. The van der Waals surface area contributed by atoms with E-state index in [1.54, 1.807) is 0 Å². The number of ether oxygens (including phenoxy) is 3. The Morgan fingerprint density at radius 1 is 0.400 bits per heavy atom. The monoisotopic (exact) mass is 850 g/mol. The molecule has 0 aromatic rings. The van der Waals surface area contributed by atoms with Crippen molar-refractivity contribution < 1.29 is 28.6 Å². The molecule has 0 radical (unpaired) electrons. The SMILES string of the molecule is CC(C)CCC(CCCOC(=O)CCCC(C)C(C)CCCC(CCCC(C)C(C)CCCC(=O)OCCCC(CCC(C)C)C(C)C)OC(=O)CCCN(C)C)C(C)C. The highest BCUT2D eigenvalue weighted by molar-refractivity contribution is 5.70. The van der Waals surface area contributed by atoms with Crippen molar-refractivity contribution in [3.63, 3.8) is 0 Å². The van der Waals surface area contributed by atoms with Gasteiger partial charge < -0.3 is 19.1 Å². The summed E-state index contributed by atoms with van der Waals surface area (Å²) in [6, 6.07) is 0. The van der Waals surface area contributed by atoms with Crippen molar-refractivity contribution in [3.05, 3.63) is 0 Å².